The fourth-order valence-electron chi connectivity index (χ4n) is 5.43. The summed E-state index contributed by atoms with van der Waals surface area (Å²) >= 11 is 0. The number of hydrogen-bond acceptors (Lipinski definition) is 1. The van der Waals surface area contributed by atoms with E-state index in [1.54, 1.807) is 0 Å². The van der Waals surface area contributed by atoms with Crippen molar-refractivity contribution in [2.24, 2.45) is 0 Å². The molecule has 0 aromatic heterocycles. The maximum atomic E-state index is 6.55. The molecule has 0 aliphatic heterocycles. The highest BCUT2D eigenvalue weighted by Crippen LogP contribution is 2.20. The van der Waals surface area contributed by atoms with Crippen molar-refractivity contribution in [3.63, 3.8) is 0 Å². The van der Waals surface area contributed by atoms with E-state index in [2.05, 4.69) is 27.7 Å². The normalized spacial score (nSPS) is 13.4. The first-order valence-corrected chi connectivity index (χ1v) is 16.9. The molecule has 0 saturated carbocycles. The molecule has 0 aliphatic rings. The van der Waals surface area contributed by atoms with Crippen LogP contribution in [0.3, 0.4) is 0 Å². The smallest absolute Gasteiger partial charge is 0.0576 e. The van der Waals surface area contributed by atoms with Crippen LogP contribution >= 0.6 is 0 Å². The lowest BCUT2D eigenvalue weighted by atomic mass is 10.0. The highest BCUT2D eigenvalue weighted by molar-refractivity contribution is 4.63. The molecule has 212 valence electrons. The van der Waals surface area contributed by atoms with Crippen LogP contribution in [-0.4, -0.2) is 12.2 Å². The summed E-state index contributed by atoms with van der Waals surface area (Å²) < 4.78 is 6.55. The molecular formula is C34H70O. The lowest BCUT2D eigenvalue weighted by Gasteiger charge is -2.23. The minimum atomic E-state index is 0.500. The molecule has 0 heterocycles. The van der Waals surface area contributed by atoms with Crippen LogP contribution in [0.25, 0.3) is 0 Å². The number of ether oxygens (including phenoxy) is 1. The van der Waals surface area contributed by atoms with Gasteiger partial charge in [-0.25, -0.2) is 0 Å². The average molecular weight is 495 g/mol. The molecule has 1 heteroatoms. The fraction of sp³-hybridized carbons (Fsp3) is 1.00. The van der Waals surface area contributed by atoms with Crippen molar-refractivity contribution >= 4 is 0 Å². The first-order valence-electron chi connectivity index (χ1n) is 16.9. The Bertz CT molecular complexity index is 332. The third kappa shape index (κ3) is 26.8. The van der Waals surface area contributed by atoms with Gasteiger partial charge in [-0.05, 0) is 25.7 Å². The molecule has 0 spiro atoms. The third-order valence-corrected chi connectivity index (χ3v) is 8.05. The van der Waals surface area contributed by atoms with E-state index in [4.69, 9.17) is 4.74 Å². The standard InChI is InChI=1S/C34H70O/c1-5-9-11-13-15-17-19-21-23-25-27-29-31-33(7-3)35-34(8-4)32-30-28-26-24-22-20-18-16-14-12-10-6-2/h33-34H,5-32H2,1-4H3. The molecule has 0 aliphatic carbocycles. The van der Waals surface area contributed by atoms with Gasteiger partial charge >= 0.3 is 0 Å². The lowest BCUT2D eigenvalue weighted by Crippen LogP contribution is -2.21. The van der Waals surface area contributed by atoms with Crippen LogP contribution < -0.4 is 0 Å². The van der Waals surface area contributed by atoms with Crippen LogP contribution in [0, 0.1) is 0 Å². The van der Waals surface area contributed by atoms with Crippen LogP contribution in [0.5, 0.6) is 0 Å². The summed E-state index contributed by atoms with van der Waals surface area (Å²) in [5.41, 5.74) is 0. The van der Waals surface area contributed by atoms with E-state index in [9.17, 15) is 0 Å². The van der Waals surface area contributed by atoms with Crippen LogP contribution in [0.1, 0.15) is 207 Å². The highest BCUT2D eigenvalue weighted by Gasteiger charge is 2.13. The zero-order valence-corrected chi connectivity index (χ0v) is 25.4. The highest BCUT2D eigenvalue weighted by atomic mass is 16.5. The van der Waals surface area contributed by atoms with Crippen molar-refractivity contribution in [3.05, 3.63) is 0 Å². The first-order chi connectivity index (χ1) is 17.3. The van der Waals surface area contributed by atoms with Crippen LogP contribution in [0.4, 0.5) is 0 Å². The minimum absolute atomic E-state index is 0.500. The Balaban J connectivity index is 3.55. The molecule has 0 amide bonds. The van der Waals surface area contributed by atoms with E-state index in [1.807, 2.05) is 0 Å². The van der Waals surface area contributed by atoms with Gasteiger partial charge in [0.2, 0.25) is 0 Å². The Kier molecular flexibility index (Phi) is 30.2. The molecule has 2 atom stereocenters. The maximum Gasteiger partial charge on any atom is 0.0576 e. The van der Waals surface area contributed by atoms with Gasteiger partial charge in [0.25, 0.3) is 0 Å². The zero-order chi connectivity index (χ0) is 25.7. The quantitative estimate of drug-likeness (QED) is 0.0902. The van der Waals surface area contributed by atoms with Gasteiger partial charge < -0.3 is 4.74 Å². The molecule has 0 N–H and O–H groups in total. The molecule has 0 radical (unpaired) electrons. The molecule has 0 fully saturated rings. The third-order valence-electron chi connectivity index (χ3n) is 8.05. The molecule has 2 unspecified atom stereocenters. The van der Waals surface area contributed by atoms with Gasteiger partial charge in [0, 0.05) is 0 Å². The Morgan fingerprint density at radius 3 is 0.771 bits per heavy atom. The number of unbranched alkanes of at least 4 members (excludes halogenated alkanes) is 22. The van der Waals surface area contributed by atoms with E-state index in [1.165, 1.54) is 180 Å². The topological polar surface area (TPSA) is 9.23 Å². The fourth-order valence-corrected chi connectivity index (χ4v) is 5.43. The van der Waals surface area contributed by atoms with Crippen molar-refractivity contribution in [1.82, 2.24) is 0 Å². The Labute approximate surface area is 224 Å². The van der Waals surface area contributed by atoms with Gasteiger partial charge in [0.1, 0.15) is 0 Å². The zero-order valence-electron chi connectivity index (χ0n) is 25.4. The molecule has 1 nitrogen and oxygen atoms in total. The van der Waals surface area contributed by atoms with Gasteiger partial charge in [0.15, 0.2) is 0 Å². The second kappa shape index (κ2) is 30.2. The first kappa shape index (κ1) is 35.0. The van der Waals surface area contributed by atoms with Gasteiger partial charge in [-0.2, -0.15) is 0 Å². The second-order valence-corrected chi connectivity index (χ2v) is 11.6. The molecular weight excluding hydrogens is 424 g/mol. The molecule has 0 saturated heterocycles. The Hall–Kier alpha value is -0.0400. The summed E-state index contributed by atoms with van der Waals surface area (Å²) in [4.78, 5) is 0. The predicted molar refractivity (Wildman–Crippen MR) is 161 cm³/mol. The summed E-state index contributed by atoms with van der Waals surface area (Å²) in [6, 6.07) is 0. The number of hydrogen-bond donors (Lipinski definition) is 0. The van der Waals surface area contributed by atoms with E-state index in [0.29, 0.717) is 12.2 Å². The average Bonchev–Trinajstić information content (AvgIpc) is 2.88. The lowest BCUT2D eigenvalue weighted by molar-refractivity contribution is -0.0257. The largest absolute Gasteiger partial charge is 0.375 e. The van der Waals surface area contributed by atoms with Crippen LogP contribution in [0.15, 0.2) is 0 Å². The van der Waals surface area contributed by atoms with Crippen molar-refractivity contribution in [1.29, 1.82) is 0 Å². The Morgan fingerprint density at radius 2 is 0.543 bits per heavy atom. The van der Waals surface area contributed by atoms with Gasteiger partial charge in [-0.15, -0.1) is 0 Å². The molecule has 35 heavy (non-hydrogen) atoms. The van der Waals surface area contributed by atoms with Crippen LogP contribution in [-0.2, 0) is 4.74 Å². The molecule has 0 bridgehead atoms. The van der Waals surface area contributed by atoms with E-state index >= 15 is 0 Å². The van der Waals surface area contributed by atoms with Crippen molar-refractivity contribution < 1.29 is 4.74 Å². The van der Waals surface area contributed by atoms with Gasteiger partial charge in [0.05, 0.1) is 12.2 Å². The second-order valence-electron chi connectivity index (χ2n) is 11.6. The molecule has 0 rings (SSSR count). The van der Waals surface area contributed by atoms with Crippen molar-refractivity contribution in [2.45, 2.75) is 220 Å². The summed E-state index contributed by atoms with van der Waals surface area (Å²) in [5.74, 6) is 0. The molecule has 0 aromatic carbocycles. The summed E-state index contributed by atoms with van der Waals surface area (Å²) in [6.45, 7) is 9.25. The van der Waals surface area contributed by atoms with E-state index in [-0.39, 0.29) is 0 Å². The van der Waals surface area contributed by atoms with Gasteiger partial charge in [-0.3, -0.25) is 0 Å². The summed E-state index contributed by atoms with van der Waals surface area (Å²) in [6.07, 6.45) is 40.4. The van der Waals surface area contributed by atoms with Crippen molar-refractivity contribution in [3.8, 4) is 0 Å². The van der Waals surface area contributed by atoms with Crippen LogP contribution in [0.2, 0.25) is 0 Å². The summed E-state index contributed by atoms with van der Waals surface area (Å²) in [5, 5.41) is 0. The van der Waals surface area contributed by atoms with E-state index < -0.39 is 0 Å². The molecule has 0 aromatic rings. The maximum absolute atomic E-state index is 6.55. The van der Waals surface area contributed by atoms with Crippen molar-refractivity contribution in [2.75, 3.05) is 0 Å². The van der Waals surface area contributed by atoms with E-state index in [0.717, 1.165) is 0 Å². The Morgan fingerprint density at radius 1 is 0.314 bits per heavy atom. The number of rotatable bonds is 30. The predicted octanol–water partition coefficient (Wildman–Crippen LogP) is 12.7. The summed E-state index contributed by atoms with van der Waals surface area (Å²) in [7, 11) is 0. The SMILES string of the molecule is CCCCCCCCCCCCCCC(CC)OC(CC)CCCCCCCCCCCCCC. The minimum Gasteiger partial charge on any atom is -0.375 e. The monoisotopic (exact) mass is 495 g/mol. The van der Waals surface area contributed by atoms with Gasteiger partial charge in [-0.1, -0.05) is 182 Å².